The smallest absolute Gasteiger partial charge is 0.136 e. The third-order valence-electron chi connectivity index (χ3n) is 3.04. The molecule has 0 saturated carbocycles. The van der Waals surface area contributed by atoms with Gasteiger partial charge < -0.3 is 19.9 Å². The zero-order chi connectivity index (χ0) is 15.2. The SMILES string of the molecule is COc1cc(OC)cc(OC(CN)c2cccc(Cl)c2)c1. The minimum Gasteiger partial charge on any atom is -0.496 e. The van der Waals surface area contributed by atoms with Gasteiger partial charge in [0, 0.05) is 29.8 Å². The summed E-state index contributed by atoms with van der Waals surface area (Å²) in [5, 5.41) is 0.651. The lowest BCUT2D eigenvalue weighted by Crippen LogP contribution is -2.18. The third kappa shape index (κ3) is 4.03. The highest BCUT2D eigenvalue weighted by Gasteiger charge is 2.13. The summed E-state index contributed by atoms with van der Waals surface area (Å²) in [5.41, 5.74) is 6.74. The van der Waals surface area contributed by atoms with E-state index in [1.807, 2.05) is 24.3 Å². The number of rotatable bonds is 6. The van der Waals surface area contributed by atoms with Crippen LogP contribution in [0.4, 0.5) is 0 Å². The van der Waals surface area contributed by atoms with E-state index in [-0.39, 0.29) is 6.10 Å². The number of halogens is 1. The summed E-state index contributed by atoms with van der Waals surface area (Å²) >= 11 is 6.01. The van der Waals surface area contributed by atoms with Gasteiger partial charge in [0.15, 0.2) is 0 Å². The first kappa shape index (κ1) is 15.5. The van der Waals surface area contributed by atoms with E-state index in [1.54, 1.807) is 32.4 Å². The van der Waals surface area contributed by atoms with Gasteiger partial charge in [-0.05, 0) is 17.7 Å². The summed E-state index contributed by atoms with van der Waals surface area (Å²) in [5.74, 6) is 1.94. The van der Waals surface area contributed by atoms with Crippen molar-refractivity contribution >= 4 is 11.6 Å². The van der Waals surface area contributed by atoms with Gasteiger partial charge in [-0.2, -0.15) is 0 Å². The molecule has 0 aliphatic carbocycles. The summed E-state index contributed by atoms with van der Waals surface area (Å²) in [6.07, 6.45) is -0.291. The average molecular weight is 308 g/mol. The van der Waals surface area contributed by atoms with Crippen LogP contribution >= 0.6 is 11.6 Å². The van der Waals surface area contributed by atoms with Crippen molar-refractivity contribution in [1.29, 1.82) is 0 Å². The molecule has 2 N–H and O–H groups in total. The first-order valence-corrected chi connectivity index (χ1v) is 6.89. The predicted octanol–water partition coefficient (Wildman–Crippen LogP) is 3.44. The maximum atomic E-state index is 6.01. The summed E-state index contributed by atoms with van der Waals surface area (Å²) in [7, 11) is 3.19. The minimum atomic E-state index is -0.291. The Kier molecular flexibility index (Phi) is 5.31. The molecule has 2 aromatic rings. The molecule has 0 bridgehead atoms. The van der Waals surface area contributed by atoms with Crippen molar-refractivity contribution in [3.05, 3.63) is 53.1 Å². The first-order chi connectivity index (χ1) is 10.2. The highest BCUT2D eigenvalue weighted by atomic mass is 35.5. The largest absolute Gasteiger partial charge is 0.496 e. The third-order valence-corrected chi connectivity index (χ3v) is 3.27. The monoisotopic (exact) mass is 307 g/mol. The Morgan fingerprint density at radius 2 is 1.62 bits per heavy atom. The molecule has 0 radical (unpaired) electrons. The highest BCUT2D eigenvalue weighted by molar-refractivity contribution is 6.30. The Balaban J connectivity index is 2.26. The van der Waals surface area contributed by atoms with Gasteiger partial charge in [0.1, 0.15) is 23.4 Å². The summed E-state index contributed by atoms with van der Waals surface area (Å²) in [4.78, 5) is 0. The van der Waals surface area contributed by atoms with Crippen LogP contribution in [0.2, 0.25) is 5.02 Å². The average Bonchev–Trinajstić information content (AvgIpc) is 2.52. The van der Waals surface area contributed by atoms with Crippen molar-refractivity contribution in [3.63, 3.8) is 0 Å². The molecule has 0 amide bonds. The maximum absolute atomic E-state index is 6.01. The van der Waals surface area contributed by atoms with Gasteiger partial charge in [0.05, 0.1) is 14.2 Å². The van der Waals surface area contributed by atoms with Gasteiger partial charge in [0.2, 0.25) is 0 Å². The van der Waals surface area contributed by atoms with E-state index in [0.717, 1.165) is 5.56 Å². The van der Waals surface area contributed by atoms with Crippen LogP contribution in [0.5, 0.6) is 17.2 Å². The lowest BCUT2D eigenvalue weighted by atomic mass is 10.1. The molecule has 0 spiro atoms. The van der Waals surface area contributed by atoms with Crippen molar-refractivity contribution in [2.75, 3.05) is 20.8 Å². The summed E-state index contributed by atoms with van der Waals surface area (Å²) in [6.45, 7) is 0.333. The molecule has 1 unspecified atom stereocenters. The van der Waals surface area contributed by atoms with Crippen molar-refractivity contribution in [1.82, 2.24) is 0 Å². The molecule has 2 rings (SSSR count). The lowest BCUT2D eigenvalue weighted by molar-refractivity contribution is 0.212. The number of ether oxygens (including phenoxy) is 3. The van der Waals surface area contributed by atoms with Crippen LogP contribution in [0.15, 0.2) is 42.5 Å². The maximum Gasteiger partial charge on any atom is 0.136 e. The van der Waals surface area contributed by atoms with E-state index in [9.17, 15) is 0 Å². The molecular weight excluding hydrogens is 290 g/mol. The molecule has 0 aromatic heterocycles. The second kappa shape index (κ2) is 7.20. The standard InChI is InChI=1S/C16H18ClNO3/c1-19-13-7-14(20-2)9-15(8-13)21-16(10-18)11-4-3-5-12(17)6-11/h3-9,16H,10,18H2,1-2H3. The zero-order valence-electron chi connectivity index (χ0n) is 12.0. The van der Waals surface area contributed by atoms with Crippen molar-refractivity contribution in [3.8, 4) is 17.2 Å². The fraction of sp³-hybridized carbons (Fsp3) is 0.250. The van der Waals surface area contributed by atoms with Gasteiger partial charge in [-0.25, -0.2) is 0 Å². The fourth-order valence-corrected chi connectivity index (χ4v) is 2.17. The summed E-state index contributed by atoms with van der Waals surface area (Å²) in [6, 6.07) is 12.8. The number of hydrogen-bond donors (Lipinski definition) is 1. The van der Waals surface area contributed by atoms with E-state index >= 15 is 0 Å². The van der Waals surface area contributed by atoms with Crippen molar-refractivity contribution in [2.45, 2.75) is 6.10 Å². The second-order valence-corrected chi connectivity index (χ2v) is 4.88. The van der Waals surface area contributed by atoms with Crippen LogP contribution in [-0.2, 0) is 0 Å². The van der Waals surface area contributed by atoms with E-state index in [4.69, 9.17) is 31.5 Å². The summed E-state index contributed by atoms with van der Waals surface area (Å²) < 4.78 is 16.4. The molecule has 21 heavy (non-hydrogen) atoms. The van der Waals surface area contributed by atoms with Gasteiger partial charge in [-0.3, -0.25) is 0 Å². The minimum absolute atomic E-state index is 0.291. The zero-order valence-corrected chi connectivity index (χ0v) is 12.8. The number of hydrogen-bond acceptors (Lipinski definition) is 4. The Morgan fingerprint density at radius 1 is 1.00 bits per heavy atom. The number of nitrogens with two attached hydrogens (primary N) is 1. The second-order valence-electron chi connectivity index (χ2n) is 4.45. The molecular formula is C16H18ClNO3. The Bertz CT molecular complexity index is 582. The Morgan fingerprint density at radius 3 is 2.14 bits per heavy atom. The van der Waals surface area contributed by atoms with E-state index in [2.05, 4.69) is 0 Å². The van der Waals surface area contributed by atoms with Crippen LogP contribution in [0.25, 0.3) is 0 Å². The van der Waals surface area contributed by atoms with Crippen LogP contribution in [0.1, 0.15) is 11.7 Å². The van der Waals surface area contributed by atoms with Gasteiger partial charge >= 0.3 is 0 Å². The molecule has 0 fully saturated rings. The quantitative estimate of drug-likeness (QED) is 0.888. The number of benzene rings is 2. The molecule has 0 saturated heterocycles. The van der Waals surface area contributed by atoms with Crippen LogP contribution < -0.4 is 19.9 Å². The topological polar surface area (TPSA) is 53.7 Å². The van der Waals surface area contributed by atoms with Crippen LogP contribution in [0, 0.1) is 0 Å². The normalized spacial score (nSPS) is 11.8. The Hall–Kier alpha value is -1.91. The molecule has 112 valence electrons. The molecule has 4 nitrogen and oxygen atoms in total. The van der Waals surface area contributed by atoms with Gasteiger partial charge in [0.25, 0.3) is 0 Å². The van der Waals surface area contributed by atoms with Gasteiger partial charge in [-0.15, -0.1) is 0 Å². The Labute approximate surface area is 129 Å². The number of methoxy groups -OCH3 is 2. The lowest BCUT2D eigenvalue weighted by Gasteiger charge is -2.19. The molecule has 2 aromatic carbocycles. The highest BCUT2D eigenvalue weighted by Crippen LogP contribution is 2.30. The molecule has 1 atom stereocenters. The first-order valence-electron chi connectivity index (χ1n) is 6.51. The van der Waals surface area contributed by atoms with Gasteiger partial charge in [-0.1, -0.05) is 23.7 Å². The van der Waals surface area contributed by atoms with Crippen LogP contribution in [0.3, 0.4) is 0 Å². The molecule has 0 heterocycles. The predicted molar refractivity (Wildman–Crippen MR) is 83.4 cm³/mol. The van der Waals surface area contributed by atoms with E-state index < -0.39 is 0 Å². The molecule has 5 heteroatoms. The molecule has 0 aliphatic rings. The molecule has 0 aliphatic heterocycles. The van der Waals surface area contributed by atoms with E-state index in [0.29, 0.717) is 28.8 Å². The fourth-order valence-electron chi connectivity index (χ4n) is 1.97. The van der Waals surface area contributed by atoms with Crippen LogP contribution in [-0.4, -0.2) is 20.8 Å². The van der Waals surface area contributed by atoms with E-state index in [1.165, 1.54) is 0 Å². The van der Waals surface area contributed by atoms with Crippen molar-refractivity contribution in [2.24, 2.45) is 5.73 Å². The van der Waals surface area contributed by atoms with Crippen molar-refractivity contribution < 1.29 is 14.2 Å².